The third-order valence-corrected chi connectivity index (χ3v) is 12.4. The second-order valence-electron chi connectivity index (χ2n) is 18.6. The Morgan fingerprint density at radius 1 is 0.381 bits per heavy atom. The standard InChI is InChI=1S/C58H106O5/c1-3-5-7-9-11-13-15-17-18-19-20-21-22-23-24-25-26-27-28-29-30-31-32-33-34-35-36-37-38-39-41-42-44-46-48-50-52-57(60)62-55-56(54-59)63-58(61)53-51-49-47-45-43-40-16-14-12-10-8-6-4-2/h6,8,12,14,40,43,47,49,56,59H,3-5,7,9-11,13,15-39,41-42,44-46,48,50-55H2,1-2H3/b8-6-,14-12-,43-40-,49-47-. The van der Waals surface area contributed by atoms with Crippen molar-refractivity contribution in [2.24, 2.45) is 0 Å². The molecule has 0 aromatic carbocycles. The Balaban J connectivity index is 3.38. The molecule has 63 heavy (non-hydrogen) atoms. The molecule has 0 radical (unpaired) electrons. The van der Waals surface area contributed by atoms with Crippen molar-refractivity contribution in [1.82, 2.24) is 0 Å². The van der Waals surface area contributed by atoms with E-state index in [2.05, 4.69) is 50.3 Å². The summed E-state index contributed by atoms with van der Waals surface area (Å²) in [7, 11) is 0. The summed E-state index contributed by atoms with van der Waals surface area (Å²) in [6.45, 7) is 3.99. The van der Waals surface area contributed by atoms with E-state index in [-0.39, 0.29) is 31.6 Å². The molecule has 0 saturated carbocycles. The summed E-state index contributed by atoms with van der Waals surface area (Å²) in [4.78, 5) is 24.3. The van der Waals surface area contributed by atoms with E-state index in [0.29, 0.717) is 12.8 Å². The van der Waals surface area contributed by atoms with Gasteiger partial charge in [-0.3, -0.25) is 9.59 Å². The van der Waals surface area contributed by atoms with E-state index >= 15 is 0 Å². The van der Waals surface area contributed by atoms with E-state index in [9.17, 15) is 14.7 Å². The number of aliphatic hydroxyl groups is 1. The molecule has 1 unspecified atom stereocenters. The molecule has 0 rings (SSSR count). The predicted octanol–water partition coefficient (Wildman–Crippen LogP) is 18.5. The summed E-state index contributed by atoms with van der Waals surface area (Å²) in [6.07, 6.45) is 71.4. The Hall–Kier alpha value is -2.14. The van der Waals surface area contributed by atoms with Crippen LogP contribution in [0.25, 0.3) is 0 Å². The maximum atomic E-state index is 12.2. The third-order valence-electron chi connectivity index (χ3n) is 12.4. The van der Waals surface area contributed by atoms with Gasteiger partial charge >= 0.3 is 11.9 Å². The van der Waals surface area contributed by atoms with Crippen molar-refractivity contribution in [2.75, 3.05) is 13.2 Å². The van der Waals surface area contributed by atoms with E-state index in [1.54, 1.807) is 0 Å². The number of esters is 2. The molecule has 0 amide bonds. The maximum absolute atomic E-state index is 12.2. The van der Waals surface area contributed by atoms with Crippen LogP contribution in [0.15, 0.2) is 48.6 Å². The first kappa shape index (κ1) is 60.9. The summed E-state index contributed by atoms with van der Waals surface area (Å²) >= 11 is 0. The number of allylic oxidation sites excluding steroid dienone is 8. The van der Waals surface area contributed by atoms with E-state index < -0.39 is 6.10 Å². The maximum Gasteiger partial charge on any atom is 0.306 e. The van der Waals surface area contributed by atoms with Crippen molar-refractivity contribution in [3.05, 3.63) is 48.6 Å². The normalized spacial score (nSPS) is 12.5. The second-order valence-corrected chi connectivity index (χ2v) is 18.6. The predicted molar refractivity (Wildman–Crippen MR) is 274 cm³/mol. The van der Waals surface area contributed by atoms with Crippen LogP contribution in [0.2, 0.25) is 0 Å². The van der Waals surface area contributed by atoms with Crippen molar-refractivity contribution in [3.63, 3.8) is 0 Å². The van der Waals surface area contributed by atoms with Gasteiger partial charge in [0.1, 0.15) is 6.61 Å². The van der Waals surface area contributed by atoms with Crippen molar-refractivity contribution in [2.45, 2.75) is 296 Å². The first-order chi connectivity index (χ1) is 31.1. The Kier molecular flexibility index (Phi) is 52.4. The van der Waals surface area contributed by atoms with Crippen LogP contribution in [-0.2, 0) is 19.1 Å². The second kappa shape index (κ2) is 54.2. The Labute approximate surface area is 392 Å². The fourth-order valence-corrected chi connectivity index (χ4v) is 8.28. The van der Waals surface area contributed by atoms with E-state index in [1.165, 1.54) is 212 Å². The van der Waals surface area contributed by atoms with Crippen molar-refractivity contribution < 1.29 is 24.2 Å². The summed E-state index contributed by atoms with van der Waals surface area (Å²) < 4.78 is 10.6. The molecular formula is C58H106O5. The average molecular weight is 883 g/mol. The summed E-state index contributed by atoms with van der Waals surface area (Å²) in [5.41, 5.74) is 0. The number of unbranched alkanes of at least 4 members (excludes halogenated alkanes) is 35. The number of carbonyl (C=O) groups excluding carboxylic acids is 2. The minimum absolute atomic E-state index is 0.0925. The molecule has 0 spiro atoms. The van der Waals surface area contributed by atoms with Gasteiger partial charge in [-0.1, -0.05) is 287 Å². The molecule has 0 fully saturated rings. The minimum atomic E-state index is -0.809. The van der Waals surface area contributed by atoms with Gasteiger partial charge in [0.2, 0.25) is 0 Å². The molecule has 1 N–H and O–H groups in total. The van der Waals surface area contributed by atoms with Gasteiger partial charge in [0.15, 0.2) is 6.10 Å². The first-order valence-electron chi connectivity index (χ1n) is 27.7. The van der Waals surface area contributed by atoms with Gasteiger partial charge < -0.3 is 14.6 Å². The van der Waals surface area contributed by atoms with Crippen molar-refractivity contribution in [1.29, 1.82) is 0 Å². The average Bonchev–Trinajstić information content (AvgIpc) is 3.29. The van der Waals surface area contributed by atoms with Crippen LogP contribution in [-0.4, -0.2) is 36.4 Å². The van der Waals surface area contributed by atoms with Gasteiger partial charge in [0, 0.05) is 12.8 Å². The lowest BCUT2D eigenvalue weighted by atomic mass is 10.0. The van der Waals surface area contributed by atoms with Crippen molar-refractivity contribution in [3.8, 4) is 0 Å². The van der Waals surface area contributed by atoms with Gasteiger partial charge in [-0.2, -0.15) is 0 Å². The zero-order valence-corrected chi connectivity index (χ0v) is 42.1. The molecule has 0 bridgehead atoms. The van der Waals surface area contributed by atoms with Crippen LogP contribution in [0, 0.1) is 0 Å². The lowest BCUT2D eigenvalue weighted by Gasteiger charge is -2.15. The van der Waals surface area contributed by atoms with Crippen LogP contribution in [0.5, 0.6) is 0 Å². The Bertz CT molecular complexity index is 1040. The third kappa shape index (κ3) is 52.4. The largest absolute Gasteiger partial charge is 0.462 e. The quantitative estimate of drug-likeness (QED) is 0.0374. The summed E-state index contributed by atoms with van der Waals surface area (Å²) in [5, 5.41) is 9.58. The van der Waals surface area contributed by atoms with E-state index in [1.807, 2.05) is 12.2 Å². The molecule has 0 aliphatic carbocycles. The van der Waals surface area contributed by atoms with E-state index in [0.717, 1.165) is 44.9 Å². The molecule has 368 valence electrons. The Morgan fingerprint density at radius 2 is 0.683 bits per heavy atom. The molecular weight excluding hydrogens is 777 g/mol. The van der Waals surface area contributed by atoms with E-state index in [4.69, 9.17) is 9.47 Å². The molecule has 5 nitrogen and oxygen atoms in total. The molecule has 0 heterocycles. The zero-order chi connectivity index (χ0) is 45.6. The topological polar surface area (TPSA) is 72.8 Å². The monoisotopic (exact) mass is 883 g/mol. The fraction of sp³-hybridized carbons (Fsp3) is 0.828. The van der Waals surface area contributed by atoms with Gasteiger partial charge in [0.05, 0.1) is 6.61 Å². The number of ether oxygens (including phenoxy) is 2. The summed E-state index contributed by atoms with van der Waals surface area (Å²) in [5.74, 6) is -0.676. The number of hydrogen-bond donors (Lipinski definition) is 1. The number of aliphatic hydroxyl groups excluding tert-OH is 1. The lowest BCUT2D eigenvalue weighted by Crippen LogP contribution is -2.28. The highest BCUT2D eigenvalue weighted by Crippen LogP contribution is 2.18. The van der Waals surface area contributed by atoms with Crippen LogP contribution in [0.1, 0.15) is 290 Å². The smallest absolute Gasteiger partial charge is 0.306 e. The number of carbonyl (C=O) groups is 2. The zero-order valence-electron chi connectivity index (χ0n) is 42.1. The fourth-order valence-electron chi connectivity index (χ4n) is 8.28. The molecule has 0 saturated heterocycles. The molecule has 0 aliphatic heterocycles. The van der Waals surface area contributed by atoms with Gasteiger partial charge in [-0.05, 0) is 38.5 Å². The van der Waals surface area contributed by atoms with Crippen LogP contribution in [0.3, 0.4) is 0 Å². The molecule has 0 aliphatic rings. The first-order valence-corrected chi connectivity index (χ1v) is 27.7. The minimum Gasteiger partial charge on any atom is -0.462 e. The van der Waals surface area contributed by atoms with Gasteiger partial charge in [-0.25, -0.2) is 0 Å². The molecule has 5 heteroatoms. The highest BCUT2D eigenvalue weighted by Gasteiger charge is 2.15. The number of rotatable bonds is 51. The van der Waals surface area contributed by atoms with Crippen molar-refractivity contribution >= 4 is 11.9 Å². The lowest BCUT2D eigenvalue weighted by molar-refractivity contribution is -0.161. The highest BCUT2D eigenvalue weighted by atomic mass is 16.6. The summed E-state index contributed by atoms with van der Waals surface area (Å²) in [6, 6.07) is 0. The van der Waals surface area contributed by atoms with Crippen LogP contribution >= 0.6 is 0 Å². The molecule has 0 aromatic heterocycles. The highest BCUT2D eigenvalue weighted by molar-refractivity contribution is 5.70. The number of hydrogen-bond acceptors (Lipinski definition) is 5. The Morgan fingerprint density at radius 3 is 1.00 bits per heavy atom. The van der Waals surface area contributed by atoms with Crippen LogP contribution in [0.4, 0.5) is 0 Å². The van der Waals surface area contributed by atoms with Crippen LogP contribution < -0.4 is 0 Å². The van der Waals surface area contributed by atoms with Gasteiger partial charge in [0.25, 0.3) is 0 Å². The van der Waals surface area contributed by atoms with Gasteiger partial charge in [-0.15, -0.1) is 0 Å². The SMILES string of the molecule is CC/C=C\C/C=C\C/C=C\C/C=C\CCC(=O)OC(CO)COC(=O)CCCCCCCCCCCCCCCCCCCCCCCCCCCCCCCCCCCCCC. The molecule has 1 atom stereocenters. The molecule has 0 aromatic rings.